The van der Waals surface area contributed by atoms with Crippen LogP contribution in [0.3, 0.4) is 0 Å². The topological polar surface area (TPSA) is 153 Å². The highest BCUT2D eigenvalue weighted by Gasteiger charge is 2.34. The predicted octanol–water partition coefficient (Wildman–Crippen LogP) is 4.51. The molecule has 2 unspecified atom stereocenters. The summed E-state index contributed by atoms with van der Waals surface area (Å²) in [7, 11) is -1.85. The Balaban J connectivity index is 1.58. The molecule has 1 aromatic heterocycles. The summed E-state index contributed by atoms with van der Waals surface area (Å²) >= 11 is 0. The monoisotopic (exact) mass is 702 g/mol. The normalized spacial score (nSPS) is 17.2. The van der Waals surface area contributed by atoms with E-state index in [-0.39, 0.29) is 56.6 Å². The second-order valence-corrected chi connectivity index (χ2v) is 14.3. The van der Waals surface area contributed by atoms with E-state index in [0.717, 1.165) is 30.4 Å². The molecule has 2 aliphatic heterocycles. The van der Waals surface area contributed by atoms with E-state index in [1.165, 1.54) is 0 Å². The smallest absolute Gasteiger partial charge is 0.409 e. The molecule has 1 aromatic carbocycles. The number of hydrogen-bond donors (Lipinski definition) is 1. The third kappa shape index (κ3) is 10.7. The first-order valence-corrected chi connectivity index (χ1v) is 19.0. The lowest BCUT2D eigenvalue weighted by atomic mass is 10.1. The summed E-state index contributed by atoms with van der Waals surface area (Å²) < 4.78 is 35.2. The summed E-state index contributed by atoms with van der Waals surface area (Å²) in [5, 5.41) is 2.88. The van der Waals surface area contributed by atoms with Crippen LogP contribution in [-0.4, -0.2) is 122 Å². The molecule has 49 heavy (non-hydrogen) atoms. The van der Waals surface area contributed by atoms with Gasteiger partial charge in [0.15, 0.2) is 5.82 Å². The number of methoxy groups -OCH3 is 1. The van der Waals surface area contributed by atoms with Crippen molar-refractivity contribution in [1.29, 1.82) is 0 Å². The van der Waals surface area contributed by atoms with Crippen LogP contribution in [-0.2, 0) is 27.9 Å². The Morgan fingerprint density at radius 3 is 2.27 bits per heavy atom. The van der Waals surface area contributed by atoms with Gasteiger partial charge in [-0.2, -0.15) is 0 Å². The van der Waals surface area contributed by atoms with Gasteiger partial charge in [0, 0.05) is 58.0 Å². The molecule has 0 bridgehead atoms. The maximum absolute atomic E-state index is 14.0. The van der Waals surface area contributed by atoms with Gasteiger partial charge in [-0.1, -0.05) is 43.2 Å². The Kier molecular flexibility index (Phi) is 14.4. The quantitative estimate of drug-likeness (QED) is 0.194. The molecule has 0 saturated carbocycles. The number of carbonyl (C=O) groups is 3. The van der Waals surface area contributed by atoms with Crippen LogP contribution in [0.1, 0.15) is 62.5 Å². The molecular weight excluding hydrogens is 651 g/mol. The van der Waals surface area contributed by atoms with E-state index in [1.807, 2.05) is 38.1 Å². The number of nitrogens with one attached hydrogen (secondary N) is 1. The predicted molar refractivity (Wildman–Crippen MR) is 186 cm³/mol. The summed E-state index contributed by atoms with van der Waals surface area (Å²) in [6.45, 7) is 10.6. The summed E-state index contributed by atoms with van der Waals surface area (Å²) in [5.74, 6) is 0.0314. The van der Waals surface area contributed by atoms with Gasteiger partial charge in [0.25, 0.3) is 5.91 Å². The molecule has 2 saturated heterocycles. The highest BCUT2D eigenvalue weighted by molar-refractivity contribution is 7.53. The van der Waals surface area contributed by atoms with Crippen LogP contribution >= 0.6 is 7.60 Å². The highest BCUT2D eigenvalue weighted by Crippen LogP contribution is 2.48. The number of carbonyl (C=O) groups excluding carboxylic acids is 3. The van der Waals surface area contributed by atoms with Crippen molar-refractivity contribution < 1.29 is 37.5 Å². The van der Waals surface area contributed by atoms with E-state index in [4.69, 9.17) is 23.5 Å². The molecule has 2 aromatic rings. The first-order chi connectivity index (χ1) is 23.6. The van der Waals surface area contributed by atoms with Crippen molar-refractivity contribution in [1.82, 2.24) is 25.1 Å². The Labute approximate surface area is 289 Å². The van der Waals surface area contributed by atoms with E-state index in [0.29, 0.717) is 44.4 Å². The Morgan fingerprint density at radius 2 is 1.65 bits per heavy atom. The summed E-state index contributed by atoms with van der Waals surface area (Å²) in [6, 6.07) is 8.29. The largest absolute Gasteiger partial charge is 0.449 e. The second-order valence-electron chi connectivity index (χ2n) is 12.2. The number of rotatable bonds is 16. The fourth-order valence-corrected chi connectivity index (χ4v) is 7.43. The van der Waals surface area contributed by atoms with Gasteiger partial charge in [-0.05, 0) is 40.0 Å². The van der Waals surface area contributed by atoms with Crippen LogP contribution in [0.4, 0.5) is 10.6 Å². The second kappa shape index (κ2) is 18.4. The zero-order valence-electron chi connectivity index (χ0n) is 29.4. The molecule has 2 aliphatic rings. The Hall–Kier alpha value is -3.58. The van der Waals surface area contributed by atoms with Crippen LogP contribution in [0, 0.1) is 6.92 Å². The van der Waals surface area contributed by atoms with Gasteiger partial charge in [0.2, 0.25) is 5.91 Å². The number of piperazine rings is 1. The van der Waals surface area contributed by atoms with Crippen molar-refractivity contribution in [2.24, 2.45) is 0 Å². The van der Waals surface area contributed by atoms with Gasteiger partial charge < -0.3 is 38.5 Å². The minimum Gasteiger partial charge on any atom is -0.449 e. The van der Waals surface area contributed by atoms with Gasteiger partial charge in [-0.15, -0.1) is 0 Å². The molecule has 0 aliphatic carbocycles. The standard InChI is InChI=1S/C34H51N6O8P/c1-6-9-21-46-34(43)39-19-17-38(18-20-39)33(42)28(15-22-49(44,47-7-2)48-8-3)36-32(41)29-23-30(40-16-14-27(24-40)45-5)37-31(35-29)26-12-10-25(4)11-13-26/h10-13,23,27-28H,6-9,14-22,24H2,1-5H3,(H,36,41). The first-order valence-electron chi connectivity index (χ1n) is 17.2. The number of aryl methyl sites for hydroxylation is 1. The summed E-state index contributed by atoms with van der Waals surface area (Å²) in [4.78, 5) is 55.1. The van der Waals surface area contributed by atoms with Crippen LogP contribution < -0.4 is 10.2 Å². The molecule has 2 atom stereocenters. The van der Waals surface area contributed by atoms with Gasteiger partial charge >= 0.3 is 13.7 Å². The molecule has 3 heterocycles. The van der Waals surface area contributed by atoms with E-state index in [2.05, 4.69) is 15.2 Å². The molecule has 2 fully saturated rings. The zero-order chi connectivity index (χ0) is 35.4. The fourth-order valence-electron chi connectivity index (χ4n) is 5.73. The molecule has 1 N–H and O–H groups in total. The maximum Gasteiger partial charge on any atom is 0.409 e. The average molecular weight is 703 g/mol. The summed E-state index contributed by atoms with van der Waals surface area (Å²) in [5.41, 5.74) is 1.92. The van der Waals surface area contributed by atoms with Crippen molar-refractivity contribution in [2.45, 2.75) is 65.5 Å². The van der Waals surface area contributed by atoms with E-state index >= 15 is 0 Å². The average Bonchev–Trinajstić information content (AvgIpc) is 3.60. The lowest BCUT2D eigenvalue weighted by molar-refractivity contribution is -0.134. The molecule has 15 heteroatoms. The molecule has 4 rings (SSSR count). The van der Waals surface area contributed by atoms with Gasteiger partial charge in [-0.3, -0.25) is 14.2 Å². The van der Waals surface area contributed by atoms with Crippen LogP contribution in [0.5, 0.6) is 0 Å². The van der Waals surface area contributed by atoms with Crippen molar-refractivity contribution in [3.63, 3.8) is 0 Å². The highest BCUT2D eigenvalue weighted by atomic mass is 31.2. The Morgan fingerprint density at radius 1 is 0.980 bits per heavy atom. The number of ether oxygens (including phenoxy) is 2. The molecular formula is C34H51N6O8P. The lowest BCUT2D eigenvalue weighted by Gasteiger charge is -2.36. The number of aromatic nitrogens is 2. The van der Waals surface area contributed by atoms with Gasteiger partial charge in [0.1, 0.15) is 17.6 Å². The van der Waals surface area contributed by atoms with Crippen molar-refractivity contribution in [3.8, 4) is 11.4 Å². The number of benzene rings is 1. The maximum atomic E-state index is 14.0. The third-order valence-corrected chi connectivity index (χ3v) is 10.7. The van der Waals surface area contributed by atoms with Crippen molar-refractivity contribution in [3.05, 3.63) is 41.6 Å². The third-order valence-electron chi connectivity index (χ3n) is 8.58. The minimum absolute atomic E-state index is 0.00548. The molecule has 14 nitrogen and oxygen atoms in total. The van der Waals surface area contributed by atoms with Crippen molar-refractivity contribution >= 4 is 31.3 Å². The molecule has 0 spiro atoms. The SMILES string of the molecule is CCCCOC(=O)N1CCN(C(=O)C(CCP(=O)(OCC)OCC)NC(=O)c2cc(N3CCC(OC)C3)nc(-c3ccc(C)cc3)n2)CC1. The van der Waals surface area contributed by atoms with E-state index in [1.54, 1.807) is 36.8 Å². The van der Waals surface area contributed by atoms with Gasteiger partial charge in [-0.25, -0.2) is 14.8 Å². The van der Waals surface area contributed by atoms with Crippen LogP contribution in [0.15, 0.2) is 30.3 Å². The number of amides is 3. The van der Waals surface area contributed by atoms with Crippen LogP contribution in [0.25, 0.3) is 11.4 Å². The van der Waals surface area contributed by atoms with E-state index < -0.39 is 25.6 Å². The first kappa shape index (κ1) is 38.2. The van der Waals surface area contributed by atoms with Gasteiger partial charge in [0.05, 0.1) is 32.1 Å². The minimum atomic E-state index is -3.52. The Bertz CT molecular complexity index is 1440. The molecule has 0 radical (unpaired) electrons. The summed E-state index contributed by atoms with van der Waals surface area (Å²) in [6.07, 6.45) is 2.09. The van der Waals surface area contributed by atoms with Crippen LogP contribution in [0.2, 0.25) is 0 Å². The molecule has 270 valence electrons. The zero-order valence-corrected chi connectivity index (χ0v) is 30.3. The number of unbranched alkanes of at least 4 members (excludes halogenated alkanes) is 1. The fraction of sp³-hybridized carbons (Fsp3) is 0.618. The lowest BCUT2D eigenvalue weighted by Crippen LogP contribution is -2.56. The number of hydrogen-bond acceptors (Lipinski definition) is 11. The van der Waals surface area contributed by atoms with E-state index in [9.17, 15) is 18.9 Å². The number of anilines is 1. The molecule has 3 amide bonds. The number of nitrogens with zero attached hydrogens (tertiary/aromatic N) is 5. The van der Waals surface area contributed by atoms with Crippen molar-refractivity contribution in [2.75, 3.05) is 77.3 Å².